The Kier molecular flexibility index (Phi) is 4.86. The first-order chi connectivity index (χ1) is 9.11. The molecule has 19 heavy (non-hydrogen) atoms. The summed E-state index contributed by atoms with van der Waals surface area (Å²) in [5.74, 6) is 2.13. The number of nitrogens with zero attached hydrogens (tertiary/aromatic N) is 2. The highest BCUT2D eigenvalue weighted by Crippen LogP contribution is 2.30. The van der Waals surface area contributed by atoms with Gasteiger partial charge in [-0.25, -0.2) is 9.97 Å². The first-order valence-electron chi connectivity index (χ1n) is 7.20. The lowest BCUT2D eigenvalue weighted by Crippen LogP contribution is -2.31. The molecule has 106 valence electrons. The van der Waals surface area contributed by atoms with Gasteiger partial charge in [-0.15, -0.1) is 0 Å². The Morgan fingerprint density at radius 3 is 2.74 bits per heavy atom. The maximum atomic E-state index is 6.09. The SMILES string of the molecule is CCCc1nc(Cl)c(N)c(NC2CCCCC2C)n1. The van der Waals surface area contributed by atoms with Crippen LogP contribution < -0.4 is 11.1 Å². The van der Waals surface area contributed by atoms with E-state index in [4.69, 9.17) is 17.3 Å². The largest absolute Gasteiger partial charge is 0.393 e. The van der Waals surface area contributed by atoms with Crippen molar-refractivity contribution in [2.75, 3.05) is 11.1 Å². The Bertz CT molecular complexity index is 436. The molecule has 1 aromatic rings. The first kappa shape index (κ1) is 14.4. The molecule has 0 aliphatic heterocycles. The van der Waals surface area contributed by atoms with E-state index in [-0.39, 0.29) is 0 Å². The van der Waals surface area contributed by atoms with Crippen LogP contribution in [0.1, 0.15) is 51.8 Å². The third kappa shape index (κ3) is 3.50. The molecule has 0 amide bonds. The lowest BCUT2D eigenvalue weighted by molar-refractivity contribution is 0.349. The van der Waals surface area contributed by atoms with Crippen molar-refractivity contribution in [3.63, 3.8) is 0 Å². The predicted octanol–water partition coefficient (Wildman–Crippen LogP) is 3.66. The number of nitrogens with one attached hydrogen (secondary N) is 1. The summed E-state index contributed by atoms with van der Waals surface area (Å²) in [6.07, 6.45) is 6.85. The maximum Gasteiger partial charge on any atom is 0.157 e. The van der Waals surface area contributed by atoms with Crippen molar-refractivity contribution in [1.82, 2.24) is 9.97 Å². The van der Waals surface area contributed by atoms with Crippen LogP contribution in [-0.4, -0.2) is 16.0 Å². The average Bonchev–Trinajstić information content (AvgIpc) is 2.38. The Morgan fingerprint density at radius 2 is 2.05 bits per heavy atom. The van der Waals surface area contributed by atoms with E-state index in [1.807, 2.05) is 0 Å². The molecular weight excluding hydrogens is 260 g/mol. The molecule has 0 spiro atoms. The minimum absolute atomic E-state index is 0.365. The van der Waals surface area contributed by atoms with Gasteiger partial charge in [0.05, 0.1) is 0 Å². The van der Waals surface area contributed by atoms with Gasteiger partial charge in [-0.3, -0.25) is 0 Å². The van der Waals surface area contributed by atoms with Crippen molar-refractivity contribution in [2.45, 2.75) is 58.4 Å². The van der Waals surface area contributed by atoms with Crippen molar-refractivity contribution in [1.29, 1.82) is 0 Å². The molecule has 1 fully saturated rings. The van der Waals surface area contributed by atoms with Crippen LogP contribution in [0.3, 0.4) is 0 Å². The zero-order valence-electron chi connectivity index (χ0n) is 11.7. The second-order valence-electron chi connectivity index (χ2n) is 5.46. The van der Waals surface area contributed by atoms with Gasteiger partial charge in [0.25, 0.3) is 0 Å². The smallest absolute Gasteiger partial charge is 0.157 e. The first-order valence-corrected chi connectivity index (χ1v) is 7.58. The molecule has 1 heterocycles. The minimum atomic E-state index is 0.365. The van der Waals surface area contributed by atoms with Crippen LogP contribution in [0.15, 0.2) is 0 Å². The van der Waals surface area contributed by atoms with Crippen molar-refractivity contribution < 1.29 is 0 Å². The molecule has 0 radical (unpaired) electrons. The van der Waals surface area contributed by atoms with E-state index in [9.17, 15) is 0 Å². The second-order valence-corrected chi connectivity index (χ2v) is 5.81. The lowest BCUT2D eigenvalue weighted by atomic mass is 9.86. The summed E-state index contributed by atoms with van der Waals surface area (Å²) in [4.78, 5) is 8.74. The zero-order chi connectivity index (χ0) is 13.8. The van der Waals surface area contributed by atoms with Crippen LogP contribution in [0.4, 0.5) is 11.5 Å². The van der Waals surface area contributed by atoms with E-state index in [0.29, 0.717) is 28.6 Å². The topological polar surface area (TPSA) is 63.8 Å². The predicted molar refractivity (Wildman–Crippen MR) is 80.5 cm³/mol. The molecule has 5 heteroatoms. The van der Waals surface area contributed by atoms with Crippen molar-refractivity contribution in [3.05, 3.63) is 11.0 Å². The fraction of sp³-hybridized carbons (Fsp3) is 0.714. The Balaban J connectivity index is 2.18. The Hall–Kier alpha value is -1.03. The fourth-order valence-electron chi connectivity index (χ4n) is 2.64. The number of aryl methyl sites for hydroxylation is 1. The molecule has 1 aliphatic rings. The Morgan fingerprint density at radius 1 is 1.32 bits per heavy atom. The van der Waals surface area contributed by atoms with Gasteiger partial charge in [-0.05, 0) is 25.2 Å². The molecule has 0 aromatic carbocycles. The monoisotopic (exact) mass is 282 g/mol. The van der Waals surface area contributed by atoms with Crippen molar-refractivity contribution in [2.24, 2.45) is 5.92 Å². The number of hydrogen-bond donors (Lipinski definition) is 2. The van der Waals surface area contributed by atoms with E-state index in [2.05, 4.69) is 29.1 Å². The van der Waals surface area contributed by atoms with E-state index in [0.717, 1.165) is 18.7 Å². The molecule has 1 aromatic heterocycles. The lowest BCUT2D eigenvalue weighted by Gasteiger charge is -2.30. The van der Waals surface area contributed by atoms with Crippen molar-refractivity contribution >= 4 is 23.1 Å². The third-order valence-corrected chi connectivity index (χ3v) is 4.14. The number of rotatable bonds is 4. The van der Waals surface area contributed by atoms with Crippen LogP contribution >= 0.6 is 11.6 Å². The molecule has 4 nitrogen and oxygen atoms in total. The summed E-state index contributed by atoms with van der Waals surface area (Å²) < 4.78 is 0. The van der Waals surface area contributed by atoms with E-state index in [1.54, 1.807) is 0 Å². The summed E-state index contributed by atoms with van der Waals surface area (Å²) in [6.45, 7) is 4.38. The highest BCUT2D eigenvalue weighted by molar-refractivity contribution is 6.32. The standard InChI is InChI=1S/C14H23ClN4/c1-3-6-11-18-13(15)12(16)14(19-11)17-10-8-5-4-7-9(10)2/h9-10H,3-8,16H2,1-2H3,(H,17,18,19). The normalized spacial score (nSPS) is 23.3. The van der Waals surface area contributed by atoms with Gasteiger partial charge in [0.15, 0.2) is 11.0 Å². The number of nitrogen functional groups attached to an aromatic ring is 1. The van der Waals surface area contributed by atoms with Crippen LogP contribution in [0.2, 0.25) is 5.15 Å². The van der Waals surface area contributed by atoms with Gasteiger partial charge < -0.3 is 11.1 Å². The van der Waals surface area contributed by atoms with Crippen LogP contribution in [0, 0.1) is 5.92 Å². The highest BCUT2D eigenvalue weighted by Gasteiger charge is 2.23. The quantitative estimate of drug-likeness (QED) is 0.827. The van der Waals surface area contributed by atoms with Gasteiger partial charge in [0, 0.05) is 12.5 Å². The molecule has 0 saturated heterocycles. The fourth-order valence-corrected chi connectivity index (χ4v) is 2.82. The second kappa shape index (κ2) is 6.42. The molecule has 1 aliphatic carbocycles. The van der Waals surface area contributed by atoms with E-state index >= 15 is 0 Å². The number of anilines is 2. The number of halogens is 1. The Labute approximate surface area is 120 Å². The summed E-state index contributed by atoms with van der Waals surface area (Å²) in [5.41, 5.74) is 6.46. The maximum absolute atomic E-state index is 6.09. The van der Waals surface area contributed by atoms with Gasteiger partial charge in [0.1, 0.15) is 11.5 Å². The van der Waals surface area contributed by atoms with Gasteiger partial charge in [0.2, 0.25) is 0 Å². The molecule has 3 N–H and O–H groups in total. The van der Waals surface area contributed by atoms with E-state index < -0.39 is 0 Å². The van der Waals surface area contributed by atoms with E-state index in [1.165, 1.54) is 25.7 Å². The highest BCUT2D eigenvalue weighted by atomic mass is 35.5. The van der Waals surface area contributed by atoms with Gasteiger partial charge in [-0.1, -0.05) is 38.3 Å². The third-order valence-electron chi connectivity index (χ3n) is 3.85. The molecule has 2 unspecified atom stereocenters. The summed E-state index contributed by atoms with van der Waals surface area (Å²) in [6, 6.07) is 0.441. The van der Waals surface area contributed by atoms with Crippen LogP contribution in [0.5, 0.6) is 0 Å². The minimum Gasteiger partial charge on any atom is -0.393 e. The van der Waals surface area contributed by atoms with Gasteiger partial charge in [-0.2, -0.15) is 0 Å². The summed E-state index contributed by atoms with van der Waals surface area (Å²) in [5, 5.41) is 3.84. The summed E-state index contributed by atoms with van der Waals surface area (Å²) >= 11 is 6.09. The number of hydrogen-bond acceptors (Lipinski definition) is 4. The van der Waals surface area contributed by atoms with Crippen molar-refractivity contribution in [3.8, 4) is 0 Å². The molecular formula is C14H23ClN4. The number of aromatic nitrogens is 2. The average molecular weight is 283 g/mol. The summed E-state index contributed by atoms with van der Waals surface area (Å²) in [7, 11) is 0. The zero-order valence-corrected chi connectivity index (χ0v) is 12.5. The van der Waals surface area contributed by atoms with Crippen LogP contribution in [0.25, 0.3) is 0 Å². The molecule has 2 atom stereocenters. The van der Waals surface area contributed by atoms with Crippen LogP contribution in [-0.2, 0) is 6.42 Å². The molecule has 2 rings (SSSR count). The van der Waals surface area contributed by atoms with Gasteiger partial charge >= 0.3 is 0 Å². The number of nitrogens with two attached hydrogens (primary N) is 1. The molecule has 1 saturated carbocycles. The molecule has 0 bridgehead atoms.